The first-order chi connectivity index (χ1) is 10.6. The highest BCUT2D eigenvalue weighted by atomic mass is 32.2. The number of anilines is 1. The zero-order valence-electron chi connectivity index (χ0n) is 12.7. The van der Waals surface area contributed by atoms with E-state index in [1.54, 1.807) is 0 Å². The van der Waals surface area contributed by atoms with Crippen molar-refractivity contribution in [3.63, 3.8) is 0 Å². The van der Waals surface area contributed by atoms with Crippen molar-refractivity contribution < 1.29 is 4.79 Å². The Balaban J connectivity index is 1.85. The molecule has 0 aliphatic carbocycles. The molecule has 0 bridgehead atoms. The molecule has 7 heteroatoms. The van der Waals surface area contributed by atoms with Gasteiger partial charge in [0.25, 0.3) is 0 Å². The van der Waals surface area contributed by atoms with Gasteiger partial charge in [0.05, 0.1) is 5.25 Å². The first-order valence-electron chi connectivity index (χ1n) is 7.27. The van der Waals surface area contributed by atoms with Crippen molar-refractivity contribution in [2.45, 2.75) is 36.6 Å². The van der Waals surface area contributed by atoms with E-state index in [0.717, 1.165) is 6.42 Å². The van der Waals surface area contributed by atoms with Gasteiger partial charge in [-0.3, -0.25) is 4.79 Å². The maximum Gasteiger partial charge on any atom is 0.233 e. The number of carbonyl (C=O) groups excluding carboxylic acids is 1. The molecule has 0 spiro atoms. The molecule has 0 radical (unpaired) electrons. The summed E-state index contributed by atoms with van der Waals surface area (Å²) in [7, 11) is 0. The number of nitrogens with zero attached hydrogens (tertiary/aromatic N) is 2. The number of aromatic nitrogens is 3. The van der Waals surface area contributed by atoms with Crippen molar-refractivity contribution in [1.29, 1.82) is 0 Å². The summed E-state index contributed by atoms with van der Waals surface area (Å²) in [5.74, 6) is 0.550. The number of aromatic amines is 1. The van der Waals surface area contributed by atoms with Crippen molar-refractivity contribution in [1.82, 2.24) is 20.5 Å². The molecule has 0 fully saturated rings. The van der Waals surface area contributed by atoms with E-state index >= 15 is 0 Å². The lowest BCUT2D eigenvalue weighted by atomic mass is 9.96. The highest BCUT2D eigenvalue weighted by Gasteiger charge is 2.18. The van der Waals surface area contributed by atoms with Crippen molar-refractivity contribution in [3.05, 3.63) is 35.9 Å². The summed E-state index contributed by atoms with van der Waals surface area (Å²) in [6.07, 6.45) is 0.975. The number of nitrogens with one attached hydrogen (secondary N) is 2. The molecular formula is C15H21N5OS. The van der Waals surface area contributed by atoms with Crippen molar-refractivity contribution in [3.8, 4) is 0 Å². The standard InChI is InChI=1S/C15H21N5OS/c1-3-11(12-7-5-4-6-8-12)9-17-13(21)10(2)22-15-18-14(16)19-20-15/h4-8,10-11H,3,9H2,1-2H3,(H,17,21)(H3,16,18,19,20)/t10-,11+/m0/s1. The Bertz CT molecular complexity index is 601. The van der Waals surface area contributed by atoms with E-state index in [4.69, 9.17) is 5.73 Å². The van der Waals surface area contributed by atoms with Gasteiger partial charge in [0.15, 0.2) is 0 Å². The highest BCUT2D eigenvalue weighted by Crippen LogP contribution is 2.21. The fraction of sp³-hybridized carbons (Fsp3) is 0.400. The Labute approximate surface area is 134 Å². The maximum absolute atomic E-state index is 12.2. The van der Waals surface area contributed by atoms with Crippen LogP contribution in [0.25, 0.3) is 0 Å². The number of benzene rings is 1. The zero-order chi connectivity index (χ0) is 15.9. The second-order valence-electron chi connectivity index (χ2n) is 5.02. The number of hydrogen-bond donors (Lipinski definition) is 3. The van der Waals surface area contributed by atoms with Gasteiger partial charge in [-0.15, -0.1) is 5.10 Å². The normalized spacial score (nSPS) is 13.5. The average molecular weight is 319 g/mol. The van der Waals surface area contributed by atoms with Gasteiger partial charge in [-0.25, -0.2) is 5.10 Å². The lowest BCUT2D eigenvalue weighted by Gasteiger charge is -2.17. The molecule has 1 aromatic carbocycles. The molecule has 22 heavy (non-hydrogen) atoms. The first-order valence-corrected chi connectivity index (χ1v) is 8.15. The number of rotatable bonds is 7. The second-order valence-corrected chi connectivity index (χ2v) is 6.33. The molecule has 2 rings (SSSR count). The van der Waals surface area contributed by atoms with E-state index in [0.29, 0.717) is 17.6 Å². The number of amides is 1. The molecule has 118 valence electrons. The van der Waals surface area contributed by atoms with E-state index in [1.165, 1.54) is 17.3 Å². The van der Waals surface area contributed by atoms with Gasteiger partial charge in [0, 0.05) is 12.5 Å². The van der Waals surface area contributed by atoms with Gasteiger partial charge < -0.3 is 11.1 Å². The predicted octanol–water partition coefficient (Wildman–Crippen LogP) is 2.18. The monoisotopic (exact) mass is 319 g/mol. The Kier molecular flexibility index (Phi) is 5.83. The minimum absolute atomic E-state index is 0.0252. The predicted molar refractivity (Wildman–Crippen MR) is 88.6 cm³/mol. The molecule has 0 saturated heterocycles. The Morgan fingerprint density at radius 3 is 2.73 bits per heavy atom. The Morgan fingerprint density at radius 2 is 2.14 bits per heavy atom. The second kappa shape index (κ2) is 7.84. The van der Waals surface area contributed by atoms with Crippen molar-refractivity contribution >= 4 is 23.6 Å². The van der Waals surface area contributed by atoms with Crippen molar-refractivity contribution in [2.24, 2.45) is 0 Å². The third kappa shape index (κ3) is 4.49. The summed E-state index contributed by atoms with van der Waals surface area (Å²) in [6.45, 7) is 4.58. The fourth-order valence-corrected chi connectivity index (χ4v) is 2.87. The summed E-state index contributed by atoms with van der Waals surface area (Å²) < 4.78 is 0. The highest BCUT2D eigenvalue weighted by molar-refractivity contribution is 8.00. The van der Waals surface area contributed by atoms with Gasteiger partial charge in [0.1, 0.15) is 0 Å². The molecule has 1 heterocycles. The Hall–Kier alpha value is -2.02. The van der Waals surface area contributed by atoms with Crippen LogP contribution in [0.1, 0.15) is 31.7 Å². The number of nitrogens with two attached hydrogens (primary N) is 1. The molecule has 2 atom stereocenters. The SMILES string of the molecule is CC[C@H](CNC(=O)[C@H](C)Sc1n[nH]c(N)n1)c1ccccc1. The number of carbonyl (C=O) groups is 1. The minimum Gasteiger partial charge on any atom is -0.368 e. The number of hydrogen-bond acceptors (Lipinski definition) is 5. The third-order valence-corrected chi connectivity index (χ3v) is 4.38. The summed E-state index contributed by atoms with van der Waals surface area (Å²) in [5.41, 5.74) is 6.71. The molecule has 0 aliphatic heterocycles. The van der Waals surface area contributed by atoms with E-state index in [-0.39, 0.29) is 17.1 Å². The van der Waals surface area contributed by atoms with Crippen LogP contribution >= 0.6 is 11.8 Å². The summed E-state index contributed by atoms with van der Waals surface area (Å²) >= 11 is 1.28. The van der Waals surface area contributed by atoms with Crippen molar-refractivity contribution in [2.75, 3.05) is 12.3 Å². The van der Waals surface area contributed by atoms with E-state index in [1.807, 2.05) is 25.1 Å². The van der Waals surface area contributed by atoms with Gasteiger partial charge in [-0.2, -0.15) is 4.98 Å². The van der Waals surface area contributed by atoms with Crippen LogP contribution in [0.3, 0.4) is 0 Å². The van der Waals surface area contributed by atoms with Crippen LogP contribution in [0, 0.1) is 0 Å². The fourth-order valence-electron chi connectivity index (χ4n) is 2.11. The van der Waals surface area contributed by atoms with Crippen LogP contribution in [-0.4, -0.2) is 32.9 Å². The van der Waals surface area contributed by atoms with Crippen LogP contribution in [-0.2, 0) is 4.79 Å². The molecule has 6 nitrogen and oxygen atoms in total. The largest absolute Gasteiger partial charge is 0.368 e. The molecule has 1 aromatic heterocycles. The number of thioether (sulfide) groups is 1. The topological polar surface area (TPSA) is 96.7 Å². The van der Waals surface area contributed by atoms with Crippen LogP contribution in [0.5, 0.6) is 0 Å². The first kappa shape index (κ1) is 16.4. The minimum atomic E-state index is -0.275. The van der Waals surface area contributed by atoms with Crippen LogP contribution in [0.15, 0.2) is 35.5 Å². The summed E-state index contributed by atoms with van der Waals surface area (Å²) in [5, 5.41) is 9.69. The molecule has 0 aliphatic rings. The van der Waals surface area contributed by atoms with Crippen LogP contribution in [0.2, 0.25) is 0 Å². The number of nitrogen functional groups attached to an aromatic ring is 1. The average Bonchev–Trinajstić information content (AvgIpc) is 2.93. The van der Waals surface area contributed by atoms with E-state index in [2.05, 4.69) is 39.6 Å². The number of H-pyrrole nitrogens is 1. The van der Waals surface area contributed by atoms with Gasteiger partial charge in [0.2, 0.25) is 17.0 Å². The summed E-state index contributed by atoms with van der Waals surface area (Å²) in [4.78, 5) is 16.2. The van der Waals surface area contributed by atoms with Gasteiger partial charge >= 0.3 is 0 Å². The lowest BCUT2D eigenvalue weighted by Crippen LogP contribution is -2.34. The maximum atomic E-state index is 12.2. The smallest absolute Gasteiger partial charge is 0.233 e. The molecule has 2 aromatic rings. The van der Waals surface area contributed by atoms with Crippen LogP contribution < -0.4 is 11.1 Å². The van der Waals surface area contributed by atoms with Gasteiger partial charge in [-0.1, -0.05) is 49.0 Å². The van der Waals surface area contributed by atoms with Gasteiger partial charge in [-0.05, 0) is 18.9 Å². The summed E-state index contributed by atoms with van der Waals surface area (Å²) in [6, 6.07) is 10.2. The molecule has 0 saturated carbocycles. The third-order valence-electron chi connectivity index (χ3n) is 3.42. The Morgan fingerprint density at radius 1 is 1.41 bits per heavy atom. The molecule has 4 N–H and O–H groups in total. The van der Waals surface area contributed by atoms with Crippen LogP contribution in [0.4, 0.5) is 5.95 Å². The quantitative estimate of drug-likeness (QED) is 0.680. The van der Waals surface area contributed by atoms with E-state index in [9.17, 15) is 4.79 Å². The van der Waals surface area contributed by atoms with E-state index < -0.39 is 0 Å². The molecule has 1 amide bonds. The molecule has 0 unspecified atom stereocenters. The molecular weight excluding hydrogens is 298 g/mol. The zero-order valence-corrected chi connectivity index (χ0v) is 13.6. The lowest BCUT2D eigenvalue weighted by molar-refractivity contribution is -0.120.